The van der Waals surface area contributed by atoms with Gasteiger partial charge in [-0.2, -0.15) is 0 Å². The third-order valence-corrected chi connectivity index (χ3v) is 4.43. The molecule has 0 N–H and O–H groups in total. The highest BCUT2D eigenvalue weighted by Crippen LogP contribution is 2.40. The van der Waals surface area contributed by atoms with E-state index in [0.29, 0.717) is 11.3 Å². The summed E-state index contributed by atoms with van der Waals surface area (Å²) in [6.07, 6.45) is 4.42. The van der Waals surface area contributed by atoms with Gasteiger partial charge in [-0.3, -0.25) is 0 Å². The Morgan fingerprint density at radius 1 is 1.38 bits per heavy atom. The molecule has 0 spiro atoms. The molecule has 1 aromatic carbocycles. The van der Waals surface area contributed by atoms with Crippen molar-refractivity contribution < 1.29 is 8.78 Å². The fourth-order valence-corrected chi connectivity index (χ4v) is 3.15. The summed E-state index contributed by atoms with van der Waals surface area (Å²) in [7, 11) is 0. The number of aromatic nitrogens is 2. The summed E-state index contributed by atoms with van der Waals surface area (Å²) >= 11 is 6.23. The van der Waals surface area contributed by atoms with Crippen LogP contribution in [0.15, 0.2) is 12.1 Å². The van der Waals surface area contributed by atoms with Crippen LogP contribution in [-0.2, 0) is 0 Å². The largest absolute Gasteiger partial charge is 0.323 e. The summed E-state index contributed by atoms with van der Waals surface area (Å²) in [5, 5.41) is -0.340. The number of halogens is 3. The third-order valence-electron chi connectivity index (χ3n) is 4.24. The summed E-state index contributed by atoms with van der Waals surface area (Å²) in [5.41, 5.74) is 0.732. The van der Waals surface area contributed by atoms with E-state index in [1.54, 1.807) is 0 Å². The third kappa shape index (κ3) is 2.78. The maximum Gasteiger partial charge on any atom is 0.153 e. The van der Waals surface area contributed by atoms with Crippen LogP contribution in [0.25, 0.3) is 11.0 Å². The molecule has 0 saturated heterocycles. The molecule has 1 aliphatic rings. The van der Waals surface area contributed by atoms with Crippen molar-refractivity contribution in [3.05, 3.63) is 29.6 Å². The molecule has 5 heteroatoms. The number of alkyl halides is 1. The van der Waals surface area contributed by atoms with Gasteiger partial charge < -0.3 is 4.57 Å². The second kappa shape index (κ2) is 5.56. The van der Waals surface area contributed by atoms with E-state index >= 15 is 0 Å². The van der Waals surface area contributed by atoms with Crippen LogP contribution in [-0.4, -0.2) is 9.55 Å². The second-order valence-electron chi connectivity index (χ2n) is 5.95. The van der Waals surface area contributed by atoms with Crippen LogP contribution >= 0.6 is 11.6 Å². The van der Waals surface area contributed by atoms with Gasteiger partial charge in [0.05, 0.1) is 10.9 Å². The van der Waals surface area contributed by atoms with Crippen molar-refractivity contribution in [1.82, 2.24) is 9.55 Å². The highest BCUT2D eigenvalue weighted by atomic mass is 35.5. The lowest BCUT2D eigenvalue weighted by Gasteiger charge is -2.21. The molecule has 1 saturated carbocycles. The number of fused-ring (bicyclic) bond motifs is 1. The van der Waals surface area contributed by atoms with Crippen LogP contribution < -0.4 is 0 Å². The van der Waals surface area contributed by atoms with E-state index in [9.17, 15) is 8.78 Å². The van der Waals surface area contributed by atoms with Gasteiger partial charge in [0.1, 0.15) is 17.2 Å². The maximum absolute atomic E-state index is 14.0. The molecule has 0 bridgehead atoms. The fraction of sp³-hybridized carbons (Fsp3) is 0.562. The van der Waals surface area contributed by atoms with E-state index < -0.39 is 11.6 Å². The molecule has 2 atom stereocenters. The Bertz CT molecular complexity index is 662. The number of imidazole rings is 1. The number of hydrogen-bond donors (Lipinski definition) is 0. The lowest BCUT2D eigenvalue weighted by atomic mass is 10.1. The number of nitrogens with zero attached hydrogens (tertiary/aromatic N) is 2. The molecule has 0 aliphatic heterocycles. The zero-order chi connectivity index (χ0) is 15.1. The Balaban J connectivity index is 2.18. The summed E-state index contributed by atoms with van der Waals surface area (Å²) in [6, 6.07) is 2.44. The molecule has 0 amide bonds. The summed E-state index contributed by atoms with van der Waals surface area (Å²) in [5.74, 6) is 0.160. The van der Waals surface area contributed by atoms with Crippen LogP contribution in [0.4, 0.5) is 8.78 Å². The van der Waals surface area contributed by atoms with E-state index in [1.807, 2.05) is 11.5 Å². The molecule has 1 aliphatic carbocycles. The Kier molecular flexibility index (Phi) is 3.91. The minimum absolute atomic E-state index is 0.194. The van der Waals surface area contributed by atoms with Crippen molar-refractivity contribution in [3.63, 3.8) is 0 Å². The molecular formula is C16H19ClF2N2. The molecule has 114 valence electrons. The monoisotopic (exact) mass is 312 g/mol. The molecule has 3 rings (SSSR count). The number of benzene rings is 1. The van der Waals surface area contributed by atoms with Gasteiger partial charge in [0.2, 0.25) is 0 Å². The quantitative estimate of drug-likeness (QED) is 0.679. The molecule has 1 aromatic heterocycles. The van der Waals surface area contributed by atoms with Crippen LogP contribution in [0, 0.1) is 17.6 Å². The fourth-order valence-electron chi connectivity index (χ4n) is 3.00. The smallest absolute Gasteiger partial charge is 0.153 e. The Morgan fingerprint density at radius 2 is 2.10 bits per heavy atom. The maximum atomic E-state index is 14.0. The van der Waals surface area contributed by atoms with Gasteiger partial charge in [-0.25, -0.2) is 13.8 Å². The lowest BCUT2D eigenvalue weighted by molar-refractivity contribution is 0.425. The number of hydrogen-bond acceptors (Lipinski definition) is 1. The first-order valence-electron chi connectivity index (χ1n) is 7.52. The summed E-state index contributed by atoms with van der Waals surface area (Å²) in [4.78, 5) is 4.34. The van der Waals surface area contributed by atoms with E-state index in [2.05, 4.69) is 11.9 Å². The predicted molar refractivity (Wildman–Crippen MR) is 80.6 cm³/mol. The van der Waals surface area contributed by atoms with Crippen molar-refractivity contribution in [3.8, 4) is 0 Å². The Hall–Kier alpha value is -1.16. The molecule has 21 heavy (non-hydrogen) atoms. The Morgan fingerprint density at radius 3 is 2.67 bits per heavy atom. The van der Waals surface area contributed by atoms with Crippen molar-refractivity contribution in [2.45, 2.75) is 50.9 Å². The predicted octanol–water partition coefficient (Wildman–Crippen LogP) is 5.37. The minimum atomic E-state index is -0.622. The zero-order valence-corrected chi connectivity index (χ0v) is 13.0. The average Bonchev–Trinajstić information content (AvgIpc) is 3.15. The first-order valence-corrected chi connectivity index (χ1v) is 7.95. The van der Waals surface area contributed by atoms with Gasteiger partial charge in [-0.05, 0) is 31.7 Å². The minimum Gasteiger partial charge on any atom is -0.323 e. The van der Waals surface area contributed by atoms with Gasteiger partial charge in [-0.1, -0.05) is 19.8 Å². The van der Waals surface area contributed by atoms with Gasteiger partial charge >= 0.3 is 0 Å². The van der Waals surface area contributed by atoms with E-state index in [4.69, 9.17) is 11.6 Å². The average molecular weight is 313 g/mol. The van der Waals surface area contributed by atoms with Gasteiger partial charge in [0.25, 0.3) is 0 Å². The molecule has 2 unspecified atom stereocenters. The molecule has 1 fully saturated rings. The molecule has 0 radical (unpaired) electrons. The standard InChI is InChI=1S/C16H19ClF2N2/c1-3-12(6-10-4-5-10)21-14-8-11(18)7-13(19)15(14)20-16(21)9(2)17/h7-10,12H,3-6H2,1-2H3. The summed E-state index contributed by atoms with van der Waals surface area (Å²) < 4.78 is 29.6. The SMILES string of the molecule is CCC(CC1CC1)n1c(C(C)Cl)nc2c(F)cc(F)cc21. The van der Waals surface area contributed by atoms with Crippen molar-refractivity contribution in [2.75, 3.05) is 0 Å². The van der Waals surface area contributed by atoms with Crippen molar-refractivity contribution >= 4 is 22.6 Å². The van der Waals surface area contributed by atoms with Crippen molar-refractivity contribution in [1.29, 1.82) is 0 Å². The van der Waals surface area contributed by atoms with E-state index in [-0.39, 0.29) is 16.9 Å². The summed E-state index contributed by atoms with van der Waals surface area (Å²) in [6.45, 7) is 3.91. The van der Waals surface area contributed by atoms with Gasteiger partial charge in [-0.15, -0.1) is 11.6 Å². The molecule has 1 heterocycles. The van der Waals surface area contributed by atoms with Crippen LogP contribution in [0.1, 0.15) is 56.8 Å². The lowest BCUT2D eigenvalue weighted by Crippen LogP contribution is -2.13. The van der Waals surface area contributed by atoms with Crippen LogP contribution in [0.5, 0.6) is 0 Å². The zero-order valence-electron chi connectivity index (χ0n) is 12.2. The Labute approximate surface area is 128 Å². The normalized spacial score (nSPS) is 18.1. The topological polar surface area (TPSA) is 17.8 Å². The molecular weight excluding hydrogens is 294 g/mol. The molecule has 2 nitrogen and oxygen atoms in total. The second-order valence-corrected chi connectivity index (χ2v) is 6.61. The number of rotatable bonds is 5. The highest BCUT2D eigenvalue weighted by Gasteiger charge is 2.29. The first kappa shape index (κ1) is 14.8. The van der Waals surface area contributed by atoms with Crippen molar-refractivity contribution in [2.24, 2.45) is 5.92 Å². The first-order chi connectivity index (χ1) is 10.0. The van der Waals surface area contributed by atoms with Gasteiger partial charge in [0, 0.05) is 12.1 Å². The van der Waals surface area contributed by atoms with Gasteiger partial charge in [0.15, 0.2) is 5.82 Å². The van der Waals surface area contributed by atoms with E-state index in [1.165, 1.54) is 18.9 Å². The van der Waals surface area contributed by atoms with E-state index in [0.717, 1.165) is 24.8 Å². The van der Waals surface area contributed by atoms with Crippen LogP contribution in [0.3, 0.4) is 0 Å². The molecule has 2 aromatic rings. The van der Waals surface area contributed by atoms with Crippen LogP contribution in [0.2, 0.25) is 0 Å². The highest BCUT2D eigenvalue weighted by molar-refractivity contribution is 6.20.